The predicted octanol–water partition coefficient (Wildman–Crippen LogP) is 1.14. The van der Waals surface area contributed by atoms with Gasteiger partial charge in [0.05, 0.1) is 12.4 Å². The van der Waals surface area contributed by atoms with E-state index in [2.05, 4.69) is 20.6 Å². The minimum absolute atomic E-state index is 0. The second-order valence-electron chi connectivity index (χ2n) is 2.58. The number of halogens is 1. The first-order valence-electron chi connectivity index (χ1n) is 4.52. The molecule has 3 N–H and O–H groups in total. The minimum atomic E-state index is 0. The van der Waals surface area contributed by atoms with Crippen LogP contribution in [-0.4, -0.2) is 26.7 Å². The third-order valence-corrected chi connectivity index (χ3v) is 1.57. The summed E-state index contributed by atoms with van der Waals surface area (Å²) in [7, 11) is 0. The minimum Gasteiger partial charge on any atom is -0.413 e. The Kier molecular flexibility index (Phi) is 7.11. The molecule has 0 fully saturated rings. The molecule has 0 saturated carbocycles. The van der Waals surface area contributed by atoms with E-state index >= 15 is 0 Å². The summed E-state index contributed by atoms with van der Waals surface area (Å²) in [4.78, 5) is 15.1. The normalized spacial score (nSPS) is 8.53. The van der Waals surface area contributed by atoms with Crippen LogP contribution in [0, 0.1) is 4.91 Å². The van der Waals surface area contributed by atoms with Crippen molar-refractivity contribution in [2.24, 2.45) is 5.18 Å². The topological polar surface area (TPSA) is 111 Å². The lowest BCUT2D eigenvalue weighted by molar-refractivity contribution is 0.128. The molecular formula is C8H13ClN6O2. The number of nitrogens with one attached hydrogen (secondary N) is 1. The van der Waals surface area contributed by atoms with Gasteiger partial charge in [0.15, 0.2) is 11.5 Å². The number of nitrogen functional groups attached to an aromatic ring is 1. The monoisotopic (exact) mass is 260 g/mol. The van der Waals surface area contributed by atoms with E-state index in [4.69, 9.17) is 10.6 Å². The zero-order valence-electron chi connectivity index (χ0n) is 9.11. The predicted molar refractivity (Wildman–Crippen MR) is 65.1 cm³/mol. The van der Waals surface area contributed by atoms with Crippen LogP contribution in [0.25, 0.3) is 0 Å². The summed E-state index contributed by atoms with van der Waals surface area (Å²) < 4.78 is 1.32. The molecule has 2 heterocycles. The number of nitrogens with zero attached hydrogens (tertiary/aromatic N) is 4. The van der Waals surface area contributed by atoms with Crippen molar-refractivity contribution in [3.8, 4) is 0 Å². The summed E-state index contributed by atoms with van der Waals surface area (Å²) in [6.07, 6.45) is 4.72. The Bertz CT molecular complexity index is 398. The van der Waals surface area contributed by atoms with Crippen molar-refractivity contribution in [3.63, 3.8) is 0 Å². The second kappa shape index (κ2) is 8.11. The first-order valence-corrected chi connectivity index (χ1v) is 4.52. The molecule has 0 amide bonds. The average Bonchev–Trinajstić information content (AvgIpc) is 2.94. The van der Waals surface area contributed by atoms with E-state index < -0.39 is 0 Å². The van der Waals surface area contributed by atoms with Crippen LogP contribution < -0.4 is 10.6 Å². The number of rotatable bonds is 3. The van der Waals surface area contributed by atoms with Gasteiger partial charge in [0.1, 0.15) is 6.61 Å². The number of anilines is 1. The molecule has 0 aliphatic rings. The summed E-state index contributed by atoms with van der Waals surface area (Å²) in [5, 5.41) is 12.0. The fourth-order valence-electron chi connectivity index (χ4n) is 0.912. The van der Waals surface area contributed by atoms with Crippen LogP contribution in [-0.2, 0) is 0 Å². The lowest BCUT2D eigenvalue weighted by Gasteiger charge is -2.04. The highest BCUT2D eigenvalue weighted by molar-refractivity contribution is 5.85. The Morgan fingerprint density at radius 3 is 2.53 bits per heavy atom. The zero-order valence-corrected chi connectivity index (χ0v) is 9.92. The average molecular weight is 261 g/mol. The molecule has 2 rings (SSSR count). The number of hydrogen-bond donors (Lipinski definition) is 2. The zero-order chi connectivity index (χ0) is 11.8. The number of nitrogens with two attached hydrogens (primary N) is 1. The van der Waals surface area contributed by atoms with Crippen molar-refractivity contribution in [2.45, 2.75) is 6.92 Å². The van der Waals surface area contributed by atoms with Crippen LogP contribution in [0.1, 0.15) is 6.92 Å². The number of aromatic nitrogens is 4. The number of nitroso groups, excluding NO2 is 1. The van der Waals surface area contributed by atoms with E-state index in [1.165, 1.54) is 10.8 Å². The highest BCUT2D eigenvalue weighted by atomic mass is 35.5. The van der Waals surface area contributed by atoms with Crippen molar-refractivity contribution in [1.29, 1.82) is 0 Å². The van der Waals surface area contributed by atoms with Crippen LogP contribution in [0.2, 0.25) is 0 Å². The summed E-state index contributed by atoms with van der Waals surface area (Å²) in [5.74, 6) is 0.238. The van der Waals surface area contributed by atoms with Gasteiger partial charge in [-0.15, -0.1) is 17.3 Å². The largest absolute Gasteiger partial charge is 0.413 e. The maximum Gasteiger partial charge on any atom is 0.169 e. The van der Waals surface area contributed by atoms with Crippen LogP contribution in [0.5, 0.6) is 0 Å². The van der Waals surface area contributed by atoms with Crippen LogP contribution in [0.4, 0.5) is 11.5 Å². The van der Waals surface area contributed by atoms with Crippen molar-refractivity contribution in [3.05, 3.63) is 29.6 Å². The molecule has 0 radical (unpaired) electrons. The smallest absolute Gasteiger partial charge is 0.169 e. The van der Waals surface area contributed by atoms with Gasteiger partial charge in [-0.1, -0.05) is 0 Å². The first-order chi connectivity index (χ1) is 7.79. The van der Waals surface area contributed by atoms with Crippen molar-refractivity contribution >= 4 is 23.9 Å². The Morgan fingerprint density at radius 1 is 1.53 bits per heavy atom. The Hall–Kier alpha value is -2.09. The number of hydrogen-bond acceptors (Lipinski definition) is 6. The molecule has 0 atom stereocenters. The highest BCUT2D eigenvalue weighted by Crippen LogP contribution is 2.21. The van der Waals surface area contributed by atoms with E-state index in [0.717, 1.165) is 0 Å². The van der Waals surface area contributed by atoms with Gasteiger partial charge in [-0.05, 0) is 18.2 Å². The van der Waals surface area contributed by atoms with Crippen molar-refractivity contribution < 1.29 is 4.84 Å². The number of H-pyrrole nitrogens is 1. The van der Waals surface area contributed by atoms with E-state index in [1.54, 1.807) is 18.6 Å². The molecule has 0 aliphatic carbocycles. The molecule has 2 aromatic heterocycles. The van der Waals surface area contributed by atoms with Crippen LogP contribution in [0.15, 0.2) is 29.8 Å². The second-order valence-corrected chi connectivity index (χ2v) is 2.58. The van der Waals surface area contributed by atoms with Crippen molar-refractivity contribution in [2.75, 3.05) is 12.3 Å². The molecule has 0 saturated heterocycles. The quantitative estimate of drug-likeness (QED) is 0.804. The molecule has 94 valence electrons. The van der Waals surface area contributed by atoms with Gasteiger partial charge in [-0.2, -0.15) is 20.1 Å². The van der Waals surface area contributed by atoms with Crippen molar-refractivity contribution in [1.82, 2.24) is 20.1 Å². The van der Waals surface area contributed by atoms with Gasteiger partial charge in [0.2, 0.25) is 0 Å². The van der Waals surface area contributed by atoms with Gasteiger partial charge in [0, 0.05) is 6.20 Å². The fourth-order valence-corrected chi connectivity index (χ4v) is 0.912. The molecule has 0 aliphatic heterocycles. The lowest BCUT2D eigenvalue weighted by atomic mass is 10.5. The van der Waals surface area contributed by atoms with Gasteiger partial charge < -0.3 is 10.6 Å². The van der Waals surface area contributed by atoms with Gasteiger partial charge >= 0.3 is 0 Å². The van der Waals surface area contributed by atoms with Crippen LogP contribution in [0.3, 0.4) is 0 Å². The summed E-state index contributed by atoms with van der Waals surface area (Å²) in [5.41, 5.74) is 5.65. The Morgan fingerprint density at radius 2 is 2.18 bits per heavy atom. The molecular weight excluding hydrogens is 248 g/mol. The van der Waals surface area contributed by atoms with Gasteiger partial charge in [0.25, 0.3) is 0 Å². The molecule has 2 aromatic rings. The molecule has 0 bridgehead atoms. The standard InChI is InChI=1S/C6H9N3O2.C2H3N3.ClH/c1-2-11-9-4-3-5(8-10)6(9)7;1-2-4-5-3-1;/h3-4H,2,7H2,1H3;1-2H,(H,3,4,5);1H. The fraction of sp³-hybridized carbons (Fsp3) is 0.250. The van der Waals surface area contributed by atoms with Gasteiger partial charge in [-0.3, -0.25) is 0 Å². The van der Waals surface area contributed by atoms with Gasteiger partial charge in [-0.25, -0.2) is 0 Å². The van der Waals surface area contributed by atoms with Crippen LogP contribution >= 0.6 is 12.4 Å². The maximum absolute atomic E-state index is 10.0. The highest BCUT2D eigenvalue weighted by Gasteiger charge is 2.04. The maximum atomic E-state index is 10.0. The summed E-state index contributed by atoms with van der Waals surface area (Å²) >= 11 is 0. The molecule has 0 spiro atoms. The first kappa shape index (κ1) is 14.9. The molecule has 9 heteroatoms. The summed E-state index contributed by atoms with van der Waals surface area (Å²) in [6.45, 7) is 2.32. The van der Waals surface area contributed by atoms with E-state index in [0.29, 0.717) is 6.61 Å². The van der Waals surface area contributed by atoms with E-state index in [1.807, 2.05) is 6.92 Å². The Labute approximate surface area is 103 Å². The van der Waals surface area contributed by atoms with E-state index in [9.17, 15) is 4.91 Å². The third kappa shape index (κ3) is 4.51. The molecule has 0 aromatic carbocycles. The molecule has 0 unspecified atom stereocenters. The number of aromatic amines is 1. The Balaban J connectivity index is 0.000000360. The SMILES string of the molecule is CCOn1ccc(N=O)c1N.Cl.c1cn[nH]n1. The van der Waals surface area contributed by atoms with E-state index in [-0.39, 0.29) is 23.9 Å². The lowest BCUT2D eigenvalue weighted by Crippen LogP contribution is -2.11. The molecule has 8 nitrogen and oxygen atoms in total. The third-order valence-electron chi connectivity index (χ3n) is 1.57. The molecule has 17 heavy (non-hydrogen) atoms. The summed E-state index contributed by atoms with van der Waals surface area (Å²) in [6, 6.07) is 1.50.